The number of nitrogens with zero attached hydrogens (tertiary/aromatic N) is 1. The summed E-state index contributed by atoms with van der Waals surface area (Å²) in [5, 5.41) is 39.3. The van der Waals surface area contributed by atoms with Gasteiger partial charge >= 0.3 is 11.9 Å². The molecule has 0 aromatic heterocycles. The minimum Gasteiger partial charge on any atom is -0.508 e. The predicted octanol–water partition coefficient (Wildman–Crippen LogP) is 0.128. The first-order valence-corrected chi connectivity index (χ1v) is 15.0. The van der Waals surface area contributed by atoms with Gasteiger partial charge in [-0.3, -0.25) is 24.0 Å². The molecule has 242 valence electrons. The van der Waals surface area contributed by atoms with Crippen LogP contribution in [-0.2, 0) is 35.2 Å². The molecular formula is C30H43N5O9. The van der Waals surface area contributed by atoms with Gasteiger partial charge in [0.05, 0.1) is 6.04 Å². The van der Waals surface area contributed by atoms with Gasteiger partial charge in [-0.05, 0) is 68.7 Å². The van der Waals surface area contributed by atoms with Gasteiger partial charge in [0.15, 0.2) is 0 Å². The average Bonchev–Trinajstić information content (AvgIpc) is 3.68. The second-order valence-electron chi connectivity index (χ2n) is 11.8. The fourth-order valence-electron chi connectivity index (χ4n) is 5.52. The molecule has 0 radical (unpaired) electrons. The molecule has 5 atom stereocenters. The third kappa shape index (κ3) is 9.93. The number of rotatable bonds is 15. The van der Waals surface area contributed by atoms with Crippen LogP contribution in [0.3, 0.4) is 0 Å². The molecule has 0 spiro atoms. The number of aromatic hydroxyl groups is 1. The average molecular weight is 618 g/mol. The molecule has 0 aliphatic carbocycles. The Morgan fingerprint density at radius 3 is 2.18 bits per heavy atom. The summed E-state index contributed by atoms with van der Waals surface area (Å²) in [5.74, 6) is -4.68. The van der Waals surface area contributed by atoms with Crippen LogP contribution in [0.15, 0.2) is 24.3 Å². The second-order valence-corrected chi connectivity index (χ2v) is 11.8. The molecule has 2 saturated heterocycles. The number of aliphatic carboxylic acids is 2. The normalized spacial score (nSPS) is 20.0. The Morgan fingerprint density at radius 1 is 0.909 bits per heavy atom. The Bertz CT molecular complexity index is 1200. The second kappa shape index (κ2) is 16.0. The number of carbonyl (C=O) groups is 6. The zero-order valence-corrected chi connectivity index (χ0v) is 25.1. The minimum atomic E-state index is -1.27. The molecule has 1 aromatic carbocycles. The third-order valence-corrected chi connectivity index (χ3v) is 7.81. The monoisotopic (exact) mass is 617 g/mol. The van der Waals surface area contributed by atoms with E-state index in [9.17, 15) is 44.1 Å². The van der Waals surface area contributed by atoms with E-state index < -0.39 is 65.8 Å². The van der Waals surface area contributed by atoms with Crippen molar-refractivity contribution in [3.05, 3.63) is 29.8 Å². The first-order valence-electron chi connectivity index (χ1n) is 15.0. The van der Waals surface area contributed by atoms with E-state index in [0.29, 0.717) is 31.4 Å². The van der Waals surface area contributed by atoms with E-state index in [0.717, 1.165) is 6.42 Å². The van der Waals surface area contributed by atoms with Gasteiger partial charge in [-0.2, -0.15) is 0 Å². The van der Waals surface area contributed by atoms with Crippen molar-refractivity contribution in [2.24, 2.45) is 5.92 Å². The number of likely N-dealkylation sites (tertiary alicyclic amines) is 1. The molecule has 2 aliphatic rings. The van der Waals surface area contributed by atoms with Crippen LogP contribution in [0.5, 0.6) is 5.75 Å². The van der Waals surface area contributed by atoms with Gasteiger partial charge in [0.2, 0.25) is 23.6 Å². The lowest BCUT2D eigenvalue weighted by Crippen LogP contribution is -2.58. The highest BCUT2D eigenvalue weighted by molar-refractivity contribution is 5.96. The number of phenolic OH excluding ortho intramolecular Hbond substituents is 1. The van der Waals surface area contributed by atoms with Crippen molar-refractivity contribution in [2.75, 3.05) is 13.1 Å². The molecule has 7 N–H and O–H groups in total. The lowest BCUT2D eigenvalue weighted by molar-refractivity contribution is -0.145. The van der Waals surface area contributed by atoms with Crippen LogP contribution in [0.25, 0.3) is 0 Å². The maximum atomic E-state index is 13.8. The summed E-state index contributed by atoms with van der Waals surface area (Å²) in [7, 11) is 0. The van der Waals surface area contributed by atoms with Crippen LogP contribution in [0.4, 0.5) is 0 Å². The van der Waals surface area contributed by atoms with Gasteiger partial charge < -0.3 is 41.5 Å². The van der Waals surface area contributed by atoms with Gasteiger partial charge in [0, 0.05) is 19.4 Å². The molecule has 2 fully saturated rings. The van der Waals surface area contributed by atoms with Crippen molar-refractivity contribution in [3.63, 3.8) is 0 Å². The van der Waals surface area contributed by atoms with Gasteiger partial charge in [0.1, 0.15) is 29.9 Å². The summed E-state index contributed by atoms with van der Waals surface area (Å²) in [6.45, 7) is 4.60. The minimum absolute atomic E-state index is 0.0224. The summed E-state index contributed by atoms with van der Waals surface area (Å²) >= 11 is 0. The molecule has 14 nitrogen and oxygen atoms in total. The number of carbonyl (C=O) groups excluding carboxylic acids is 4. The highest BCUT2D eigenvalue weighted by Gasteiger charge is 2.40. The molecule has 14 heteroatoms. The Balaban J connectivity index is 1.72. The number of phenols is 1. The van der Waals surface area contributed by atoms with E-state index in [4.69, 9.17) is 0 Å². The smallest absolute Gasteiger partial charge is 0.326 e. The number of carboxylic acids is 2. The lowest BCUT2D eigenvalue weighted by Gasteiger charge is -2.31. The number of nitrogens with one attached hydrogen (secondary N) is 4. The van der Waals surface area contributed by atoms with E-state index in [1.807, 2.05) is 13.8 Å². The first-order chi connectivity index (χ1) is 20.8. The summed E-state index contributed by atoms with van der Waals surface area (Å²) in [6, 6.07) is 0.983. The van der Waals surface area contributed by atoms with Crippen molar-refractivity contribution < 1.29 is 44.1 Å². The van der Waals surface area contributed by atoms with Gasteiger partial charge in [-0.15, -0.1) is 0 Å². The lowest BCUT2D eigenvalue weighted by atomic mass is 10.0. The topological polar surface area (TPSA) is 214 Å². The van der Waals surface area contributed by atoms with Gasteiger partial charge in [-0.1, -0.05) is 26.0 Å². The van der Waals surface area contributed by atoms with E-state index in [1.165, 1.54) is 17.0 Å². The van der Waals surface area contributed by atoms with E-state index in [2.05, 4.69) is 21.3 Å². The molecule has 44 heavy (non-hydrogen) atoms. The van der Waals surface area contributed by atoms with E-state index in [-0.39, 0.29) is 43.9 Å². The fraction of sp³-hybridized carbons (Fsp3) is 0.600. The number of benzene rings is 1. The fourth-order valence-corrected chi connectivity index (χ4v) is 5.52. The van der Waals surface area contributed by atoms with Crippen LogP contribution in [0.1, 0.15) is 64.4 Å². The van der Waals surface area contributed by atoms with Gasteiger partial charge in [0.25, 0.3) is 0 Å². The Labute approximate surface area is 255 Å². The van der Waals surface area contributed by atoms with Crippen molar-refractivity contribution in [3.8, 4) is 5.75 Å². The molecule has 1 aromatic rings. The van der Waals surface area contributed by atoms with Crippen LogP contribution < -0.4 is 21.3 Å². The SMILES string of the molecule is CC(C)C[C@H](NC(=O)[C@H](CCC(=O)O)NC(=O)[C@@H]1CCCN1)C(=O)N1CCC[C@H]1C(=O)N[C@@H](Cc1ccc(O)cc1)C(=O)O. The van der Waals surface area contributed by atoms with Crippen LogP contribution in [0, 0.1) is 5.92 Å². The Kier molecular flexibility index (Phi) is 12.5. The highest BCUT2D eigenvalue weighted by atomic mass is 16.4. The molecule has 2 heterocycles. The van der Waals surface area contributed by atoms with Crippen LogP contribution in [0.2, 0.25) is 0 Å². The van der Waals surface area contributed by atoms with E-state index in [1.54, 1.807) is 12.1 Å². The molecule has 4 amide bonds. The summed E-state index contributed by atoms with van der Waals surface area (Å²) in [5.41, 5.74) is 0.586. The van der Waals surface area contributed by atoms with Crippen molar-refractivity contribution in [2.45, 2.75) is 95.4 Å². The summed E-state index contributed by atoms with van der Waals surface area (Å²) < 4.78 is 0. The molecule has 2 aliphatic heterocycles. The maximum Gasteiger partial charge on any atom is 0.326 e. The third-order valence-electron chi connectivity index (χ3n) is 7.81. The van der Waals surface area contributed by atoms with E-state index >= 15 is 0 Å². The molecule has 0 unspecified atom stereocenters. The maximum absolute atomic E-state index is 13.8. The summed E-state index contributed by atoms with van der Waals surface area (Å²) in [6.07, 6.45) is 1.82. The number of hydrogen-bond acceptors (Lipinski definition) is 8. The Morgan fingerprint density at radius 2 is 1.59 bits per heavy atom. The van der Waals surface area contributed by atoms with Crippen molar-refractivity contribution in [1.29, 1.82) is 0 Å². The highest BCUT2D eigenvalue weighted by Crippen LogP contribution is 2.21. The largest absolute Gasteiger partial charge is 0.508 e. The van der Waals surface area contributed by atoms with Crippen LogP contribution in [-0.4, -0.2) is 99.1 Å². The number of carboxylic acid groups (broad SMARTS) is 2. The zero-order valence-electron chi connectivity index (χ0n) is 25.1. The molecule has 3 rings (SSSR count). The quantitative estimate of drug-likeness (QED) is 0.141. The molecule has 0 bridgehead atoms. The summed E-state index contributed by atoms with van der Waals surface area (Å²) in [4.78, 5) is 77.7. The van der Waals surface area contributed by atoms with Crippen LogP contribution >= 0.6 is 0 Å². The zero-order chi connectivity index (χ0) is 32.4. The first kappa shape index (κ1) is 34.3. The predicted molar refractivity (Wildman–Crippen MR) is 157 cm³/mol. The Hall–Kier alpha value is -4.20. The van der Waals surface area contributed by atoms with Crippen molar-refractivity contribution >= 4 is 35.6 Å². The van der Waals surface area contributed by atoms with Gasteiger partial charge in [-0.25, -0.2) is 4.79 Å². The number of hydrogen-bond donors (Lipinski definition) is 7. The van der Waals surface area contributed by atoms with Crippen molar-refractivity contribution in [1.82, 2.24) is 26.2 Å². The standard InChI is InChI=1S/C30H43N5O9/c1-17(2)15-22(33-27(40)21(11-12-25(37)38)32-26(39)20-5-3-13-31-20)29(42)35-14-4-6-24(35)28(41)34-23(30(43)44)16-18-7-9-19(36)10-8-18/h7-10,17,20-24,31,36H,3-6,11-16H2,1-2H3,(H,32,39)(H,33,40)(H,34,41)(H,37,38)(H,43,44)/t20-,21-,22-,23-,24-/m0/s1. The number of amides is 4. The molecular weight excluding hydrogens is 574 g/mol. The molecule has 0 saturated carbocycles.